The van der Waals surface area contributed by atoms with E-state index in [2.05, 4.69) is 5.32 Å². The molecule has 0 bridgehead atoms. The fourth-order valence-corrected chi connectivity index (χ4v) is 4.66. The Morgan fingerprint density at radius 3 is 2.80 bits per heavy atom. The molecule has 140 valence electrons. The monoisotopic (exact) mass is 367 g/mol. The van der Waals surface area contributed by atoms with Gasteiger partial charge >= 0.3 is 0 Å². The zero-order valence-corrected chi connectivity index (χ0v) is 16.2. The molecule has 0 radical (unpaired) electrons. The molecule has 1 aromatic rings. The van der Waals surface area contributed by atoms with E-state index in [1.165, 1.54) is 4.31 Å². The molecular formula is C18H29N3O3S. The van der Waals surface area contributed by atoms with Gasteiger partial charge in [0.05, 0.1) is 11.7 Å². The van der Waals surface area contributed by atoms with Gasteiger partial charge in [-0.2, -0.15) is 0 Å². The minimum Gasteiger partial charge on any atom is -0.378 e. The lowest BCUT2D eigenvalue weighted by Gasteiger charge is -2.31. The van der Waals surface area contributed by atoms with Crippen LogP contribution in [0, 0.1) is 5.92 Å². The van der Waals surface area contributed by atoms with E-state index in [0.29, 0.717) is 26.1 Å². The maximum Gasteiger partial charge on any atom is 0.224 e. The number of piperidine rings is 1. The maximum absolute atomic E-state index is 12.5. The largest absolute Gasteiger partial charge is 0.378 e. The Labute approximate surface area is 151 Å². The van der Waals surface area contributed by atoms with Crippen LogP contribution in [0.4, 0.5) is 5.69 Å². The molecule has 1 aliphatic rings. The molecule has 1 amide bonds. The molecule has 1 heterocycles. The van der Waals surface area contributed by atoms with Gasteiger partial charge in [-0.25, -0.2) is 12.7 Å². The molecule has 0 saturated carbocycles. The van der Waals surface area contributed by atoms with Crippen LogP contribution in [0.3, 0.4) is 0 Å². The van der Waals surface area contributed by atoms with Gasteiger partial charge in [-0.05, 0) is 37.0 Å². The first-order valence-electron chi connectivity index (χ1n) is 8.85. The Morgan fingerprint density at radius 2 is 2.12 bits per heavy atom. The molecule has 1 aromatic carbocycles. The molecule has 1 atom stereocenters. The smallest absolute Gasteiger partial charge is 0.224 e. The molecule has 1 fully saturated rings. The summed E-state index contributed by atoms with van der Waals surface area (Å²) in [6.45, 7) is 3.13. The number of nitrogens with one attached hydrogen (secondary N) is 1. The Kier molecular flexibility index (Phi) is 6.84. The number of amides is 1. The summed E-state index contributed by atoms with van der Waals surface area (Å²) in [6.07, 6.45) is 2.07. The maximum atomic E-state index is 12.5. The Balaban J connectivity index is 1.93. The standard InChI is InChI=1S/C18H29N3O3S/c1-4-11-25(23,24)21-10-6-8-16(14-21)18(22)19-13-15-7-5-9-17(12-15)20(2)3/h5,7,9,12,16H,4,6,8,10-11,13-14H2,1-3H3,(H,19,22). The number of hydrogen-bond acceptors (Lipinski definition) is 4. The van der Waals surface area contributed by atoms with Gasteiger partial charge in [0.25, 0.3) is 0 Å². The minimum absolute atomic E-state index is 0.0633. The third-order valence-corrected chi connectivity index (χ3v) is 6.55. The SMILES string of the molecule is CCCS(=O)(=O)N1CCCC(C(=O)NCc2cccc(N(C)C)c2)C1. The second kappa shape index (κ2) is 8.67. The lowest BCUT2D eigenvalue weighted by atomic mass is 9.98. The number of nitrogens with zero attached hydrogens (tertiary/aromatic N) is 2. The summed E-state index contributed by atoms with van der Waals surface area (Å²) in [5.74, 6) is -0.178. The van der Waals surface area contributed by atoms with Crippen molar-refractivity contribution in [1.82, 2.24) is 9.62 Å². The molecule has 1 N–H and O–H groups in total. The number of anilines is 1. The zero-order chi connectivity index (χ0) is 18.4. The van der Waals surface area contributed by atoms with Gasteiger partial charge in [-0.15, -0.1) is 0 Å². The van der Waals surface area contributed by atoms with Crippen molar-refractivity contribution in [2.45, 2.75) is 32.7 Å². The van der Waals surface area contributed by atoms with Crippen LogP contribution in [0.2, 0.25) is 0 Å². The summed E-state index contributed by atoms with van der Waals surface area (Å²) in [5.41, 5.74) is 2.12. The van der Waals surface area contributed by atoms with E-state index in [0.717, 1.165) is 24.1 Å². The summed E-state index contributed by atoms with van der Waals surface area (Å²) >= 11 is 0. The van der Waals surface area contributed by atoms with Gasteiger partial charge in [0, 0.05) is 39.4 Å². The summed E-state index contributed by atoms with van der Waals surface area (Å²) in [7, 11) is 0.720. The van der Waals surface area contributed by atoms with Crippen molar-refractivity contribution >= 4 is 21.6 Å². The summed E-state index contributed by atoms with van der Waals surface area (Å²) in [4.78, 5) is 14.5. The number of carbonyl (C=O) groups is 1. The van der Waals surface area contributed by atoms with Gasteiger partial charge in [-0.1, -0.05) is 19.1 Å². The summed E-state index contributed by atoms with van der Waals surface area (Å²) < 4.78 is 25.9. The average molecular weight is 368 g/mol. The predicted octanol–water partition coefficient (Wildman–Crippen LogP) is 1.82. The van der Waals surface area contributed by atoms with Gasteiger partial charge in [0.1, 0.15) is 0 Å². The fraction of sp³-hybridized carbons (Fsp3) is 0.611. The van der Waals surface area contributed by atoms with Crippen molar-refractivity contribution in [2.75, 3.05) is 37.8 Å². The highest BCUT2D eigenvalue weighted by Crippen LogP contribution is 2.20. The lowest BCUT2D eigenvalue weighted by molar-refractivity contribution is -0.126. The first-order chi connectivity index (χ1) is 11.8. The molecule has 0 spiro atoms. The molecule has 2 rings (SSSR count). The van der Waals surface area contributed by atoms with E-state index in [-0.39, 0.29) is 17.6 Å². The Morgan fingerprint density at radius 1 is 1.36 bits per heavy atom. The molecule has 0 aliphatic carbocycles. The van der Waals surface area contributed by atoms with Crippen LogP contribution in [-0.4, -0.2) is 51.6 Å². The van der Waals surface area contributed by atoms with E-state index >= 15 is 0 Å². The highest BCUT2D eigenvalue weighted by Gasteiger charge is 2.31. The van der Waals surface area contributed by atoms with Crippen LogP contribution in [-0.2, 0) is 21.4 Å². The Bertz CT molecular complexity index is 689. The number of benzene rings is 1. The third kappa shape index (κ3) is 5.44. The second-order valence-corrected chi connectivity index (χ2v) is 8.88. The van der Waals surface area contributed by atoms with Gasteiger partial charge < -0.3 is 10.2 Å². The van der Waals surface area contributed by atoms with Gasteiger partial charge in [0.15, 0.2) is 0 Å². The van der Waals surface area contributed by atoms with Gasteiger partial charge in [-0.3, -0.25) is 4.79 Å². The van der Waals surface area contributed by atoms with Crippen molar-refractivity contribution < 1.29 is 13.2 Å². The van der Waals surface area contributed by atoms with E-state index < -0.39 is 10.0 Å². The van der Waals surface area contributed by atoms with Crippen molar-refractivity contribution in [3.63, 3.8) is 0 Å². The van der Waals surface area contributed by atoms with Crippen LogP contribution >= 0.6 is 0 Å². The second-order valence-electron chi connectivity index (χ2n) is 6.80. The lowest BCUT2D eigenvalue weighted by Crippen LogP contribution is -2.45. The molecular weight excluding hydrogens is 338 g/mol. The molecule has 1 aliphatic heterocycles. The van der Waals surface area contributed by atoms with Crippen LogP contribution in [0.5, 0.6) is 0 Å². The predicted molar refractivity (Wildman–Crippen MR) is 101 cm³/mol. The number of carbonyl (C=O) groups excluding carboxylic acids is 1. The first kappa shape index (κ1) is 19.7. The Hall–Kier alpha value is -1.60. The number of rotatable bonds is 7. The number of sulfonamides is 1. The third-order valence-electron chi connectivity index (χ3n) is 4.50. The number of hydrogen-bond donors (Lipinski definition) is 1. The van der Waals surface area contributed by atoms with Crippen LogP contribution in [0.1, 0.15) is 31.7 Å². The molecule has 25 heavy (non-hydrogen) atoms. The highest BCUT2D eigenvalue weighted by atomic mass is 32.2. The van der Waals surface area contributed by atoms with E-state index in [1.54, 1.807) is 0 Å². The molecule has 0 aromatic heterocycles. The van der Waals surface area contributed by atoms with Crippen molar-refractivity contribution in [2.24, 2.45) is 5.92 Å². The summed E-state index contributed by atoms with van der Waals surface area (Å²) in [6, 6.07) is 8.00. The van der Waals surface area contributed by atoms with Crippen molar-refractivity contribution in [3.05, 3.63) is 29.8 Å². The molecule has 1 unspecified atom stereocenters. The molecule has 7 heteroatoms. The first-order valence-corrected chi connectivity index (χ1v) is 10.5. The van der Waals surface area contributed by atoms with Crippen LogP contribution in [0.25, 0.3) is 0 Å². The normalized spacial score (nSPS) is 18.8. The zero-order valence-electron chi connectivity index (χ0n) is 15.4. The molecule has 6 nitrogen and oxygen atoms in total. The van der Waals surface area contributed by atoms with Crippen molar-refractivity contribution in [3.8, 4) is 0 Å². The van der Waals surface area contributed by atoms with Crippen molar-refractivity contribution in [1.29, 1.82) is 0 Å². The van der Waals surface area contributed by atoms with E-state index in [4.69, 9.17) is 0 Å². The minimum atomic E-state index is -3.23. The topological polar surface area (TPSA) is 69.7 Å². The summed E-state index contributed by atoms with van der Waals surface area (Å²) in [5, 5.41) is 2.96. The average Bonchev–Trinajstić information content (AvgIpc) is 2.60. The highest BCUT2D eigenvalue weighted by molar-refractivity contribution is 7.89. The van der Waals surface area contributed by atoms with Crippen LogP contribution in [0.15, 0.2) is 24.3 Å². The fourth-order valence-electron chi connectivity index (χ4n) is 3.07. The van der Waals surface area contributed by atoms with Crippen LogP contribution < -0.4 is 10.2 Å². The van der Waals surface area contributed by atoms with Gasteiger partial charge in [0.2, 0.25) is 15.9 Å². The molecule has 1 saturated heterocycles. The van der Waals surface area contributed by atoms with E-state index in [1.807, 2.05) is 50.2 Å². The quantitative estimate of drug-likeness (QED) is 0.798. The van der Waals surface area contributed by atoms with E-state index in [9.17, 15) is 13.2 Å².